The molecule has 0 bridgehead atoms. The van der Waals surface area contributed by atoms with E-state index in [-0.39, 0.29) is 96.4 Å². The molecule has 9 atom stereocenters. The van der Waals surface area contributed by atoms with Crippen LogP contribution in [0.15, 0.2) is 71.9 Å². The molecule has 0 heterocycles. The molecule has 1 aromatic rings. The number of allylic oxidation sites excluding steroid dienone is 6. The fraction of sp³-hybridized carbons (Fsp3) is 0.660. The van der Waals surface area contributed by atoms with E-state index in [1.54, 1.807) is 0 Å². The number of benzene rings is 1. The number of aliphatic hydroxyl groups is 2. The van der Waals surface area contributed by atoms with Gasteiger partial charge in [-0.25, -0.2) is 4.79 Å². The summed E-state index contributed by atoms with van der Waals surface area (Å²) in [6.45, 7) is 5.03. The number of carbonyl (C=O) groups excluding carboxylic acids is 4. The van der Waals surface area contributed by atoms with Gasteiger partial charge in [0.15, 0.2) is 18.2 Å². The Kier molecular flexibility index (Phi) is 16.4. The lowest BCUT2D eigenvalue weighted by Gasteiger charge is -2.53. The van der Waals surface area contributed by atoms with Crippen molar-refractivity contribution in [3.8, 4) is 5.75 Å². The highest BCUT2D eigenvalue weighted by Crippen LogP contribution is 2.64. The summed E-state index contributed by atoms with van der Waals surface area (Å²) < 4.78 is 60.8. The van der Waals surface area contributed by atoms with Gasteiger partial charge in [-0.3, -0.25) is 14.4 Å². The summed E-state index contributed by atoms with van der Waals surface area (Å²) in [5.41, 5.74) is 1.77. The van der Waals surface area contributed by atoms with Gasteiger partial charge in [0.2, 0.25) is 0 Å². The molecule has 0 spiro atoms. The maximum absolute atomic E-state index is 13.5. The molecule has 6 aliphatic carbocycles. The minimum absolute atomic E-state index is 0.0307. The van der Waals surface area contributed by atoms with Gasteiger partial charge in [-0.2, -0.15) is 13.2 Å². The third-order valence-corrected chi connectivity index (χ3v) is 16.3. The smallest absolute Gasteiger partial charge is 0.493 e. The Bertz CT molecular complexity index is 2010. The first-order valence-corrected chi connectivity index (χ1v) is 24.4. The molecule has 0 aromatic heterocycles. The van der Waals surface area contributed by atoms with Crippen LogP contribution in [-0.4, -0.2) is 72.5 Å². The van der Waals surface area contributed by atoms with E-state index in [9.17, 15) is 42.6 Å². The van der Waals surface area contributed by atoms with Crippen LogP contribution in [0.25, 0.3) is 0 Å². The molecule has 66 heavy (non-hydrogen) atoms. The van der Waals surface area contributed by atoms with Gasteiger partial charge in [-0.1, -0.05) is 61.4 Å². The summed E-state index contributed by atoms with van der Waals surface area (Å²) in [6, 6.07) is 4.73. The third kappa shape index (κ3) is 11.9. The van der Waals surface area contributed by atoms with Gasteiger partial charge in [0.05, 0.1) is 37.6 Å². The maximum atomic E-state index is 13.5. The largest absolute Gasteiger partial charge is 0.508 e. The van der Waals surface area contributed by atoms with Gasteiger partial charge in [-0.05, 0) is 149 Å². The lowest BCUT2D eigenvalue weighted by molar-refractivity contribution is -0.145. The normalized spacial score (nSPS) is 33.1. The lowest BCUT2D eigenvalue weighted by Crippen LogP contribution is -2.45. The Morgan fingerprint density at radius 1 is 0.879 bits per heavy atom. The van der Waals surface area contributed by atoms with Crippen LogP contribution in [0.5, 0.6) is 5.75 Å². The van der Waals surface area contributed by atoms with Crippen molar-refractivity contribution in [2.24, 2.45) is 52.3 Å². The Labute approximate surface area is 387 Å². The minimum atomic E-state index is -4.44. The molecular weight excluding hydrogens is 854 g/mol. The van der Waals surface area contributed by atoms with Crippen molar-refractivity contribution in [1.82, 2.24) is 0 Å². The van der Waals surface area contributed by atoms with E-state index < -0.39 is 30.1 Å². The van der Waals surface area contributed by atoms with Gasteiger partial charge in [0, 0.05) is 36.5 Å². The molecule has 4 saturated carbocycles. The van der Waals surface area contributed by atoms with Crippen molar-refractivity contribution < 1.29 is 61.5 Å². The predicted octanol–water partition coefficient (Wildman–Crippen LogP) is 10.6. The number of esters is 1. The van der Waals surface area contributed by atoms with Crippen molar-refractivity contribution in [1.29, 1.82) is 0 Å². The molecule has 6 aliphatic rings. The number of ether oxygens (including phenoxy) is 4. The molecule has 2 N–H and O–H groups in total. The average molecular weight is 923 g/mol. The zero-order chi connectivity index (χ0) is 47.1. The first kappa shape index (κ1) is 49.7. The number of carbonyl (C=O) groups is 4. The summed E-state index contributed by atoms with van der Waals surface area (Å²) in [5, 5.41) is 21.1. The number of ketones is 2. The molecule has 362 valence electrons. The van der Waals surface area contributed by atoms with Crippen molar-refractivity contribution in [2.45, 2.75) is 141 Å². The van der Waals surface area contributed by atoms with Crippen LogP contribution in [0, 0.1) is 52.3 Å². The topological polar surface area (TPSA) is 146 Å². The van der Waals surface area contributed by atoms with Crippen molar-refractivity contribution in [3.05, 3.63) is 77.4 Å². The van der Waals surface area contributed by atoms with Gasteiger partial charge < -0.3 is 29.2 Å². The van der Waals surface area contributed by atoms with E-state index in [0.29, 0.717) is 50.5 Å². The average Bonchev–Trinajstić information content (AvgIpc) is 3.79. The minimum Gasteiger partial charge on any atom is -0.493 e. The van der Waals surface area contributed by atoms with E-state index in [0.717, 1.165) is 76.3 Å². The molecule has 1 aromatic carbocycles. The number of hydrogen-bond donors (Lipinski definition) is 2. The zero-order valence-electron chi connectivity index (χ0n) is 38.6. The lowest BCUT2D eigenvalue weighted by atomic mass is 9.51. The fourth-order valence-corrected chi connectivity index (χ4v) is 12.4. The summed E-state index contributed by atoms with van der Waals surface area (Å²) in [5.74, 6) is 0.746. The summed E-state index contributed by atoms with van der Waals surface area (Å²) in [6.07, 6.45) is 17.5. The number of Topliss-reactive ketones (excluding diaryl/α,β-unsaturated/α-hetero) is 1. The number of aliphatic hydroxyl groups excluding tert-OH is 2. The monoisotopic (exact) mass is 922 g/mol. The first-order chi connectivity index (χ1) is 31.5. The Morgan fingerprint density at radius 2 is 1.64 bits per heavy atom. The second-order valence-corrected chi connectivity index (χ2v) is 20.4. The maximum Gasteiger partial charge on any atom is 0.508 e. The summed E-state index contributed by atoms with van der Waals surface area (Å²) in [7, 11) is 0. The Hall–Kier alpha value is -4.23. The number of halogens is 3. The highest BCUT2D eigenvalue weighted by atomic mass is 19.4. The van der Waals surface area contributed by atoms with Gasteiger partial charge in [-0.15, -0.1) is 0 Å². The third-order valence-electron chi connectivity index (χ3n) is 16.3. The van der Waals surface area contributed by atoms with Crippen LogP contribution in [-0.2, 0) is 34.8 Å². The number of hydrogen-bond acceptors (Lipinski definition) is 10. The van der Waals surface area contributed by atoms with Crippen LogP contribution in [0.1, 0.15) is 129 Å². The van der Waals surface area contributed by atoms with Crippen LogP contribution < -0.4 is 4.74 Å². The number of alkyl halides is 3. The fourth-order valence-electron chi connectivity index (χ4n) is 12.4. The van der Waals surface area contributed by atoms with Gasteiger partial charge in [0.25, 0.3) is 0 Å². The van der Waals surface area contributed by atoms with Crippen LogP contribution >= 0.6 is 0 Å². The summed E-state index contributed by atoms with van der Waals surface area (Å²) >= 11 is 0. The van der Waals surface area contributed by atoms with E-state index in [1.807, 2.05) is 30.4 Å². The Balaban J connectivity index is 0.726. The molecule has 10 nitrogen and oxygen atoms in total. The number of fused-ring (bicyclic) bond motifs is 5. The van der Waals surface area contributed by atoms with Crippen LogP contribution in [0.3, 0.4) is 0 Å². The van der Waals surface area contributed by atoms with E-state index in [1.165, 1.54) is 23.3 Å². The van der Waals surface area contributed by atoms with E-state index in [4.69, 9.17) is 18.9 Å². The quantitative estimate of drug-likeness (QED) is 0.0829. The van der Waals surface area contributed by atoms with Crippen LogP contribution in [0.4, 0.5) is 18.0 Å². The zero-order valence-corrected chi connectivity index (χ0v) is 38.6. The number of rotatable bonds is 18. The van der Waals surface area contributed by atoms with Gasteiger partial charge in [0.1, 0.15) is 5.75 Å². The molecule has 13 heteroatoms. The summed E-state index contributed by atoms with van der Waals surface area (Å²) in [4.78, 5) is 50.8. The molecule has 0 saturated heterocycles. The standard InChI is InChI=1S/C53H69F3O10/c1-51-25-23-38(57)28-36(51)19-20-42-43-21-22-45(52(43,2)26-24-44(42)51)48(60)33-66-50(62)65-32-35-17-15-34(16-18-35)31-64-49(61)14-6-4-3-5-12-40-41(47(59)30-46(40)58)13-7-8-27-63-39-11-9-10-37(29-39)53(54,55)56/h3,5,7,9-11,13,24,28-29,34-35,40-43,45-47,58-59H,4,6,8,12,14-23,25-27,30-33H2,1-2H3/b5-3-,13-7+/t34?,35?,40-,41-,42+,43?,45-,46+,47-,51+,52+/m1/s1. The SMILES string of the molecule is C[C@]12CCC(=O)C=C1CC[C@@H]1C2=CC[C@@]2(C)C1CC[C@@H]2C(=O)COC(=O)OCC1CCC(COC(=O)CCC/C=C\C[C@@H]2[C@@H](/C=C/CCOc3cccc(C(F)(F)F)c3)[C@H](O)C[C@@H]2O)CC1. The second-order valence-electron chi connectivity index (χ2n) is 20.4. The highest BCUT2D eigenvalue weighted by molar-refractivity contribution is 5.92. The molecule has 4 fully saturated rings. The predicted molar refractivity (Wildman–Crippen MR) is 241 cm³/mol. The molecular formula is C53H69F3O10. The highest BCUT2D eigenvalue weighted by Gasteiger charge is 2.57. The Morgan fingerprint density at radius 3 is 2.39 bits per heavy atom. The molecule has 0 radical (unpaired) electrons. The van der Waals surface area contributed by atoms with Crippen molar-refractivity contribution in [3.63, 3.8) is 0 Å². The van der Waals surface area contributed by atoms with E-state index >= 15 is 0 Å². The first-order valence-electron chi connectivity index (χ1n) is 24.4. The molecule has 0 amide bonds. The van der Waals surface area contributed by atoms with E-state index in [2.05, 4.69) is 19.9 Å². The molecule has 0 aliphatic heterocycles. The number of unbranched alkanes of at least 4 members (excludes halogenated alkanes) is 1. The molecule has 1 unspecified atom stereocenters. The molecule has 7 rings (SSSR count). The van der Waals surface area contributed by atoms with Crippen molar-refractivity contribution in [2.75, 3.05) is 26.4 Å². The van der Waals surface area contributed by atoms with Gasteiger partial charge >= 0.3 is 18.3 Å². The van der Waals surface area contributed by atoms with Crippen LogP contribution in [0.2, 0.25) is 0 Å². The second kappa shape index (κ2) is 21.8. The van der Waals surface area contributed by atoms with Crippen molar-refractivity contribution >= 4 is 23.7 Å².